The van der Waals surface area contributed by atoms with Gasteiger partial charge in [-0.15, -0.1) is 23.2 Å². The molecule has 6 saturated heterocycles. The summed E-state index contributed by atoms with van der Waals surface area (Å²) in [5.41, 5.74) is 10.4. The zero-order valence-electron chi connectivity index (χ0n) is 63.5. The van der Waals surface area contributed by atoms with Gasteiger partial charge in [0.1, 0.15) is 74.3 Å². The van der Waals surface area contributed by atoms with Crippen molar-refractivity contribution < 1.29 is 101 Å². The van der Waals surface area contributed by atoms with Gasteiger partial charge < -0.3 is 74.2 Å². The number of anilines is 7. The monoisotopic (exact) mass is 1960 g/mol. The summed E-state index contributed by atoms with van der Waals surface area (Å²) < 4.78 is 49.9. The van der Waals surface area contributed by atoms with Crippen molar-refractivity contribution in [2.45, 2.75) is 89.9 Å². The van der Waals surface area contributed by atoms with Crippen LogP contribution in [0.5, 0.6) is 0 Å². The molecule has 117 heavy (non-hydrogen) atoms. The molecule has 0 aliphatic carbocycles. The average molecular weight is 1960 g/mol. The van der Waals surface area contributed by atoms with E-state index < -0.39 is 18.6 Å². The zero-order valence-corrected chi connectivity index (χ0v) is 74.3. The molecule has 15 rings (SSSR count). The fourth-order valence-electron chi connectivity index (χ4n) is 11.5. The van der Waals surface area contributed by atoms with Gasteiger partial charge in [0.15, 0.2) is 0 Å². The molecule has 620 valence electrons. The number of benzene rings is 2. The molecule has 0 saturated carbocycles. The first-order valence-electron chi connectivity index (χ1n) is 34.8. The van der Waals surface area contributed by atoms with Crippen molar-refractivity contribution in [3.8, 4) is 11.1 Å². The topological polar surface area (TPSA) is 447 Å². The number of aromatic nitrogens is 5. The molecule has 7 aromatic rings. The molecular weight excluding hydrogens is 1890 g/mol. The maximum Gasteiger partial charge on any atom is 2.00 e. The van der Waals surface area contributed by atoms with Crippen molar-refractivity contribution in [1.29, 1.82) is 0 Å². The van der Waals surface area contributed by atoms with Gasteiger partial charge in [0.25, 0.3) is 0 Å². The van der Waals surface area contributed by atoms with Gasteiger partial charge in [0.05, 0.1) is 79.1 Å². The van der Waals surface area contributed by atoms with Crippen molar-refractivity contribution in [3.63, 3.8) is 0 Å². The Morgan fingerprint density at radius 2 is 0.991 bits per heavy atom. The molecule has 8 amide bonds. The van der Waals surface area contributed by atoms with E-state index >= 15 is 0 Å². The van der Waals surface area contributed by atoms with Gasteiger partial charge in [-0.05, 0) is 190 Å². The van der Waals surface area contributed by atoms with Crippen LogP contribution >= 0.6 is 98.5 Å². The van der Waals surface area contributed by atoms with E-state index in [1.807, 2.05) is 82.3 Å². The molecule has 0 unspecified atom stereocenters. The van der Waals surface area contributed by atoms with Gasteiger partial charge >= 0.3 is 86.8 Å². The first-order valence-corrected chi connectivity index (χ1v) is 39.5. The summed E-state index contributed by atoms with van der Waals surface area (Å²) in [6, 6.07) is 29.6. The summed E-state index contributed by atoms with van der Waals surface area (Å²) in [6.07, 6.45) is 6.72. The van der Waals surface area contributed by atoms with Gasteiger partial charge in [-0.1, -0.05) is 34.5 Å². The van der Waals surface area contributed by atoms with Gasteiger partial charge in [-0.3, -0.25) is 39.4 Å². The molecule has 6 fully saturated rings. The summed E-state index contributed by atoms with van der Waals surface area (Å²) in [5, 5.41) is 14.7. The Morgan fingerprint density at radius 3 is 1.38 bits per heavy atom. The van der Waals surface area contributed by atoms with Gasteiger partial charge in [-0.2, -0.15) is 0 Å². The number of aliphatic hydroxyl groups excluding tert-OH is 1. The molecule has 5 aromatic heterocycles. The van der Waals surface area contributed by atoms with Crippen molar-refractivity contribution in [2.75, 3.05) is 113 Å². The molecule has 7 N–H and O–H groups in total. The van der Waals surface area contributed by atoms with Crippen molar-refractivity contribution >= 4 is 250 Å². The van der Waals surface area contributed by atoms with E-state index in [1.54, 1.807) is 77.2 Å². The molecule has 35 nitrogen and oxygen atoms in total. The first-order chi connectivity index (χ1) is 54.8. The average Bonchev–Trinajstić information content (AvgIpc) is 1.61. The van der Waals surface area contributed by atoms with Crippen LogP contribution in [0.4, 0.5) is 74.0 Å². The molecule has 4 atom stereocenters. The SMILES string of the molecule is CC(=O)NC[C@@H]1OC(=O)N2c3ccc(-c4ccc(N5CCOC5=O)nc4)cc3C[C@@H]12.CC(=O)NC[C@@H]1OC(=O)N2c3ccc(Br)cc3C[C@@H]12.CC1(C)OB(c2ccc(N3CCOC3=O)nc2)OC1(C)C.Nc1ccc(Br)cn1.O=C(Cl)OCCCl.O=C(Nc1ccc(Br)cn1)OCCCl.O=C1OCCN1c1ccc(Br)cn1.O=[C-]O.[Ca+2].[OH-]. The number of nitrogens with zero attached hydrogens (tertiary/aromatic N) is 10. The van der Waals surface area contributed by atoms with Crippen LogP contribution in [0.25, 0.3) is 11.1 Å². The quantitative estimate of drug-likeness (QED) is 0.0222. The number of rotatable bonds is 14. The van der Waals surface area contributed by atoms with Gasteiger partial charge in [0, 0.05) is 85.3 Å². The van der Waals surface area contributed by atoms with E-state index in [1.165, 1.54) is 28.5 Å². The van der Waals surface area contributed by atoms with Crippen LogP contribution in [-0.2, 0) is 69.7 Å². The van der Waals surface area contributed by atoms with Crippen LogP contribution in [-0.4, -0.2) is 254 Å². The van der Waals surface area contributed by atoms with E-state index in [-0.39, 0.29) is 140 Å². The maximum atomic E-state index is 12.4. The van der Waals surface area contributed by atoms with Crippen LogP contribution in [0.1, 0.15) is 52.7 Å². The summed E-state index contributed by atoms with van der Waals surface area (Å²) >= 11 is 28.4. The third-order valence-electron chi connectivity index (χ3n) is 17.5. The van der Waals surface area contributed by atoms with Crippen LogP contribution < -0.4 is 51.6 Å². The fraction of sp³-hybridized carbons (Fsp3) is 0.356. The van der Waals surface area contributed by atoms with E-state index in [2.05, 4.69) is 115 Å². The largest absolute Gasteiger partial charge is 2.00 e. The number of carbonyl (C=O) groups excluding carboxylic acids is 9. The van der Waals surface area contributed by atoms with Crippen LogP contribution in [0.3, 0.4) is 0 Å². The third-order valence-corrected chi connectivity index (χ3v) is 19.9. The molecule has 0 radical (unpaired) electrons. The van der Waals surface area contributed by atoms with Crippen LogP contribution in [0.15, 0.2) is 146 Å². The zero-order chi connectivity index (χ0) is 83.7. The number of hydrogen-bond donors (Lipinski definition) is 5. The van der Waals surface area contributed by atoms with E-state index in [0.29, 0.717) is 100 Å². The van der Waals surface area contributed by atoms with Crippen molar-refractivity contribution in [3.05, 3.63) is 157 Å². The predicted octanol–water partition coefficient (Wildman–Crippen LogP) is 11.8. The molecular formula is C73H78BBr4CaCl3N14O21. The molecule has 8 aliphatic rings. The third kappa shape index (κ3) is 28.1. The number of fused-ring (bicyclic) bond motifs is 6. The van der Waals surface area contributed by atoms with Gasteiger partial charge in [0.2, 0.25) is 11.8 Å². The number of nitrogens with two attached hydrogens (primary N) is 1. The Labute approximate surface area is 750 Å². The predicted molar refractivity (Wildman–Crippen MR) is 448 cm³/mol. The van der Waals surface area contributed by atoms with Crippen LogP contribution in [0, 0.1) is 0 Å². The standard InChI is InChI=1S/C21H20N4O5.C14H19BN2O4.C13H13BrN2O3.C8H8BrClN2O2.C8H7BrN2O2.C5H5BrN2.C3H4Cl2O2.CHO2.Ca.H2O/c1-12(26)22-11-18-17-9-15-8-13(2-4-16(15)25(17)21(28)30-18)14-3-5-19(23-10-14)24-6-7-29-20(24)27;1-13(2)14(3,4)21-15(20-13)10-5-6-11(16-9-10)17-7-8-19-12(17)18;1-7(17)15-6-12-11-5-8-4-9(14)2-3-10(8)16(11)13(18)19-12;9-6-1-2-7(11-5-6)12-8(13)14-4-3-10;9-6-1-2-7(10-5-6)11-3-4-13-8(11)12;6-4-1-2-5(7)8-3-4;4-1-2-7-3(5)6;2-1-3;;/h2-5,8,10,17-18H,6-7,9,11H2,1H3,(H,22,26);5-6,9H,7-8H2,1-4H3;2-4,11-12H,5-6H2,1H3,(H,15,17);1-2,5H,3-4H2,(H,11,12,13);1-2,5H,3-4H2;1-3H,(H2,7,8);1-2H2;(H,2,3);;1H2/q;;;;;;;-1;+2;/p-1/t17-,18-;;11-,12-;;;;;;;/m0.0......./s1. The molecule has 0 spiro atoms. The first kappa shape index (κ1) is 97.3. The molecule has 8 aliphatic heterocycles. The summed E-state index contributed by atoms with van der Waals surface area (Å²) in [7, 11) is -0.443. The van der Waals surface area contributed by atoms with E-state index in [9.17, 15) is 43.2 Å². The van der Waals surface area contributed by atoms with Gasteiger partial charge in [-0.25, -0.2) is 58.5 Å². The van der Waals surface area contributed by atoms with E-state index in [4.69, 9.17) is 88.2 Å². The number of carbonyl (C=O) groups is 9. The molecule has 13 heterocycles. The maximum absolute atomic E-state index is 12.4. The Hall–Kier alpha value is -8.52. The second kappa shape index (κ2) is 46.7. The minimum atomic E-state index is -0.805. The number of cyclic esters (lactones) is 5. The number of nitrogen functional groups attached to an aromatic ring is 1. The Balaban J connectivity index is 0.000000220. The minimum absolute atomic E-state index is 0. The number of hydrogen-bond acceptors (Lipinski definition) is 26. The summed E-state index contributed by atoms with van der Waals surface area (Å²) in [4.78, 5) is 138. The van der Waals surface area contributed by atoms with Crippen molar-refractivity contribution in [2.24, 2.45) is 0 Å². The smallest absolute Gasteiger partial charge is 0.870 e. The Kier molecular flexibility index (Phi) is 38.9. The fourth-order valence-corrected chi connectivity index (χ4v) is 12.8. The second-order valence-electron chi connectivity index (χ2n) is 25.8. The summed E-state index contributed by atoms with van der Waals surface area (Å²) in [6.45, 7) is 15.3. The Bertz CT molecular complexity index is 4520. The van der Waals surface area contributed by atoms with E-state index in [0.717, 1.165) is 63.4 Å². The Morgan fingerprint density at radius 1 is 0.573 bits per heavy atom. The molecule has 0 bridgehead atoms. The minimum Gasteiger partial charge on any atom is -0.870 e. The number of nitrogens with one attached hydrogen (secondary N) is 3. The van der Waals surface area contributed by atoms with Crippen LogP contribution in [0.2, 0.25) is 0 Å². The molecule has 44 heteroatoms. The summed E-state index contributed by atoms with van der Waals surface area (Å²) in [5.74, 6) is 3.06. The molecule has 2 aromatic carbocycles. The number of ether oxygens (including phenoxy) is 7. The number of halogens is 7. The number of amides is 8. The second-order valence-corrected chi connectivity index (χ2v) is 30.5. The number of alkyl halides is 2. The number of pyridine rings is 5. The normalized spacial score (nSPS) is 17.9. The van der Waals surface area contributed by atoms with Crippen molar-refractivity contribution in [1.82, 2.24) is 35.6 Å².